The summed E-state index contributed by atoms with van der Waals surface area (Å²) in [5, 5.41) is 0. The third-order valence-electron chi connectivity index (χ3n) is 4.99. The summed E-state index contributed by atoms with van der Waals surface area (Å²) < 4.78 is 12.5. The molecule has 0 saturated carbocycles. The highest BCUT2D eigenvalue weighted by Gasteiger charge is 2.51. The van der Waals surface area contributed by atoms with Gasteiger partial charge >= 0.3 is 0 Å². The van der Waals surface area contributed by atoms with Gasteiger partial charge in [-0.2, -0.15) is 0 Å². The van der Waals surface area contributed by atoms with Gasteiger partial charge in [0.25, 0.3) is 0 Å². The Morgan fingerprint density at radius 3 is 1.30 bits per heavy atom. The Labute approximate surface area is 141 Å². The number of nitrogens with zero attached hydrogens (tertiary/aromatic N) is 2. The Hall–Kier alpha value is -1.06. The molecule has 2 heterocycles. The summed E-state index contributed by atoms with van der Waals surface area (Å²) >= 11 is 0. The summed E-state index contributed by atoms with van der Waals surface area (Å²) in [6.45, 7) is 21.4. The van der Waals surface area contributed by atoms with Crippen molar-refractivity contribution in [3.8, 4) is 0 Å². The fraction of sp³-hybridized carbons (Fsp3) is 0.895. The summed E-state index contributed by atoms with van der Waals surface area (Å²) in [5.41, 5.74) is -1.01. The van der Waals surface area contributed by atoms with Crippen LogP contribution in [-0.2, 0) is 9.47 Å². The first-order chi connectivity index (χ1) is 10.3. The lowest BCUT2D eigenvalue weighted by Gasteiger charge is -2.31. The molecule has 0 aromatic carbocycles. The van der Waals surface area contributed by atoms with E-state index in [1.165, 1.54) is 0 Å². The number of hydrogen-bond donors (Lipinski definition) is 0. The lowest BCUT2D eigenvalue weighted by Crippen LogP contribution is -2.41. The van der Waals surface area contributed by atoms with Crippen LogP contribution in [0.15, 0.2) is 9.98 Å². The average Bonchev–Trinajstić information content (AvgIpc) is 2.86. The van der Waals surface area contributed by atoms with E-state index in [0.29, 0.717) is 11.8 Å². The molecule has 2 rings (SSSR count). The molecular formula is C19H34N2O2. The van der Waals surface area contributed by atoms with Crippen LogP contribution in [0.25, 0.3) is 0 Å². The van der Waals surface area contributed by atoms with Gasteiger partial charge in [-0.15, -0.1) is 0 Å². The highest BCUT2D eigenvalue weighted by atomic mass is 16.5. The third-order valence-corrected chi connectivity index (χ3v) is 4.99. The van der Waals surface area contributed by atoms with E-state index >= 15 is 0 Å². The molecule has 0 unspecified atom stereocenters. The predicted molar refractivity (Wildman–Crippen MR) is 96.2 cm³/mol. The van der Waals surface area contributed by atoms with Gasteiger partial charge in [0.15, 0.2) is 11.8 Å². The second kappa shape index (κ2) is 5.49. The van der Waals surface area contributed by atoms with Crippen molar-refractivity contribution >= 4 is 11.8 Å². The van der Waals surface area contributed by atoms with E-state index in [4.69, 9.17) is 19.5 Å². The van der Waals surface area contributed by atoms with Gasteiger partial charge in [0.05, 0.1) is 12.1 Å². The number of rotatable bonds is 4. The van der Waals surface area contributed by atoms with Crippen LogP contribution in [0.3, 0.4) is 0 Å². The molecule has 0 bridgehead atoms. The van der Waals surface area contributed by atoms with Crippen molar-refractivity contribution in [2.75, 3.05) is 0 Å². The molecule has 0 N–H and O–H groups in total. The average molecular weight is 322 g/mol. The van der Waals surface area contributed by atoms with Crippen LogP contribution in [-0.4, -0.2) is 35.1 Å². The summed E-state index contributed by atoms with van der Waals surface area (Å²) in [4.78, 5) is 9.82. The lowest BCUT2D eigenvalue weighted by molar-refractivity contribution is 0.0606. The minimum absolute atomic E-state index is 0.160. The van der Waals surface area contributed by atoms with E-state index in [1.807, 2.05) is 0 Å². The van der Waals surface area contributed by atoms with Crippen molar-refractivity contribution in [1.82, 2.24) is 0 Å². The zero-order valence-electron chi connectivity index (χ0n) is 16.5. The topological polar surface area (TPSA) is 43.2 Å². The Morgan fingerprint density at radius 2 is 1.09 bits per heavy atom. The van der Waals surface area contributed by atoms with Crippen LogP contribution in [0.2, 0.25) is 0 Å². The van der Waals surface area contributed by atoms with E-state index in [9.17, 15) is 0 Å². The summed E-state index contributed by atoms with van der Waals surface area (Å²) in [5.74, 6) is 2.37. The normalized spacial score (nSPS) is 29.4. The standard InChI is InChI=1S/C19H34N2O2/c1-11(2)13-18(7,8)22-15(20-13)17(5,6)16-21-14(12(3)4)19(9,10)23-16/h11-14H,1-10H3/t13-,14-/m0/s1. The number of aliphatic imine (C=N–C) groups is 2. The Kier molecular flexibility index (Phi) is 4.36. The molecule has 0 aromatic rings. The fourth-order valence-electron chi connectivity index (χ4n) is 3.81. The first kappa shape index (κ1) is 18.3. The first-order valence-corrected chi connectivity index (χ1v) is 8.83. The first-order valence-electron chi connectivity index (χ1n) is 8.83. The largest absolute Gasteiger partial charge is 0.472 e. The van der Waals surface area contributed by atoms with E-state index < -0.39 is 5.41 Å². The summed E-state index contributed by atoms with van der Waals surface area (Å²) in [6, 6.07) is 0.320. The molecule has 0 aliphatic carbocycles. The van der Waals surface area contributed by atoms with Crippen molar-refractivity contribution in [1.29, 1.82) is 0 Å². The zero-order chi connectivity index (χ0) is 17.8. The molecule has 0 saturated heterocycles. The Morgan fingerprint density at radius 1 is 0.783 bits per heavy atom. The zero-order valence-corrected chi connectivity index (χ0v) is 16.5. The van der Waals surface area contributed by atoms with E-state index in [0.717, 1.165) is 11.8 Å². The van der Waals surface area contributed by atoms with Crippen LogP contribution in [0, 0.1) is 17.3 Å². The highest BCUT2D eigenvalue weighted by molar-refractivity contribution is 6.05. The second-order valence-electron chi connectivity index (χ2n) is 9.28. The quantitative estimate of drug-likeness (QED) is 0.766. The Bertz CT molecular complexity index is 481. The monoisotopic (exact) mass is 322 g/mol. The minimum Gasteiger partial charge on any atom is -0.472 e. The maximum absolute atomic E-state index is 6.25. The van der Waals surface area contributed by atoms with Gasteiger partial charge in [0.2, 0.25) is 0 Å². The SMILES string of the molecule is CC(C)[C@@H]1N=C(C(C)(C)C2=N[C@@H](C(C)C)C(C)(C)O2)OC1(C)C. The maximum Gasteiger partial charge on any atom is 0.199 e. The summed E-state index contributed by atoms with van der Waals surface area (Å²) in [6.07, 6.45) is 0. The van der Waals surface area contributed by atoms with E-state index in [-0.39, 0.29) is 23.3 Å². The van der Waals surface area contributed by atoms with Crippen molar-refractivity contribution in [2.45, 2.75) is 92.5 Å². The van der Waals surface area contributed by atoms with Crippen molar-refractivity contribution < 1.29 is 9.47 Å². The van der Waals surface area contributed by atoms with Gasteiger partial charge < -0.3 is 9.47 Å². The maximum atomic E-state index is 6.25. The van der Waals surface area contributed by atoms with Gasteiger partial charge in [0, 0.05) is 0 Å². The molecular weight excluding hydrogens is 288 g/mol. The van der Waals surface area contributed by atoms with Crippen LogP contribution in [0.1, 0.15) is 69.2 Å². The minimum atomic E-state index is -0.443. The lowest BCUT2D eigenvalue weighted by atomic mass is 9.90. The molecule has 2 atom stereocenters. The van der Waals surface area contributed by atoms with Crippen molar-refractivity contribution in [3.63, 3.8) is 0 Å². The van der Waals surface area contributed by atoms with E-state index in [2.05, 4.69) is 69.2 Å². The molecule has 0 spiro atoms. The Balaban J connectivity index is 2.33. The van der Waals surface area contributed by atoms with Gasteiger partial charge in [-0.3, -0.25) is 0 Å². The molecule has 4 nitrogen and oxygen atoms in total. The van der Waals surface area contributed by atoms with E-state index in [1.54, 1.807) is 0 Å². The van der Waals surface area contributed by atoms with Crippen molar-refractivity contribution in [2.24, 2.45) is 27.2 Å². The van der Waals surface area contributed by atoms with Crippen LogP contribution in [0.4, 0.5) is 0 Å². The molecule has 0 radical (unpaired) electrons. The third kappa shape index (κ3) is 3.14. The van der Waals surface area contributed by atoms with Gasteiger partial charge in [-0.05, 0) is 53.4 Å². The molecule has 132 valence electrons. The van der Waals surface area contributed by atoms with Crippen LogP contribution in [0.5, 0.6) is 0 Å². The molecule has 0 amide bonds. The van der Waals surface area contributed by atoms with Crippen molar-refractivity contribution in [3.05, 3.63) is 0 Å². The summed E-state index contributed by atoms with van der Waals surface area (Å²) in [7, 11) is 0. The molecule has 2 aliphatic heterocycles. The van der Waals surface area contributed by atoms with Gasteiger partial charge in [-0.1, -0.05) is 27.7 Å². The fourth-order valence-corrected chi connectivity index (χ4v) is 3.81. The number of ether oxygens (including phenoxy) is 2. The van der Waals surface area contributed by atoms with Gasteiger partial charge in [-0.25, -0.2) is 9.98 Å². The van der Waals surface area contributed by atoms with Gasteiger partial charge in [0.1, 0.15) is 16.6 Å². The molecule has 2 aliphatic rings. The predicted octanol–water partition coefficient (Wildman–Crippen LogP) is 4.48. The molecule has 4 heteroatoms. The van der Waals surface area contributed by atoms with Crippen LogP contribution < -0.4 is 0 Å². The second-order valence-corrected chi connectivity index (χ2v) is 9.28. The highest BCUT2D eigenvalue weighted by Crippen LogP contribution is 2.41. The molecule has 0 fully saturated rings. The van der Waals surface area contributed by atoms with Crippen LogP contribution >= 0.6 is 0 Å². The molecule has 23 heavy (non-hydrogen) atoms. The molecule has 0 aromatic heterocycles. The number of hydrogen-bond acceptors (Lipinski definition) is 4. The smallest absolute Gasteiger partial charge is 0.199 e.